The van der Waals surface area contributed by atoms with Crippen molar-refractivity contribution in [1.82, 2.24) is 0 Å². The summed E-state index contributed by atoms with van der Waals surface area (Å²) in [6.45, 7) is 1.50. The monoisotopic (exact) mass is 431 g/mol. The molecule has 0 spiro atoms. The summed E-state index contributed by atoms with van der Waals surface area (Å²) in [5, 5.41) is 21.5. The van der Waals surface area contributed by atoms with Gasteiger partial charge in [-0.25, -0.2) is 0 Å². The Morgan fingerprint density at radius 2 is 1.86 bits per heavy atom. The zero-order valence-electron chi connectivity index (χ0n) is 14.4. The van der Waals surface area contributed by atoms with Crippen molar-refractivity contribution in [1.29, 1.82) is 5.41 Å². The summed E-state index contributed by atoms with van der Waals surface area (Å²) < 4.78 is 42.0. The third-order valence-corrected chi connectivity index (χ3v) is 4.98. The Balaban J connectivity index is 2.08. The fraction of sp³-hybridized carbons (Fsp3) is 0.222. The van der Waals surface area contributed by atoms with Crippen molar-refractivity contribution in [3.05, 3.63) is 62.6 Å². The predicted octanol–water partition coefficient (Wildman–Crippen LogP) is 4.87. The van der Waals surface area contributed by atoms with E-state index in [1.165, 1.54) is 25.1 Å². The van der Waals surface area contributed by atoms with E-state index in [0.717, 1.165) is 12.1 Å². The molecule has 0 aromatic heterocycles. The minimum Gasteiger partial charge on any atom is -0.507 e. The molecule has 4 N–H and O–H groups in total. The molecule has 0 bridgehead atoms. The van der Waals surface area contributed by atoms with Crippen LogP contribution in [0.15, 0.2) is 35.5 Å². The van der Waals surface area contributed by atoms with E-state index in [1.807, 2.05) is 0 Å². The van der Waals surface area contributed by atoms with Crippen LogP contribution in [0.25, 0.3) is 0 Å². The van der Waals surface area contributed by atoms with Crippen LogP contribution in [0.5, 0.6) is 5.75 Å². The van der Waals surface area contributed by atoms with Crippen LogP contribution >= 0.6 is 23.2 Å². The summed E-state index contributed by atoms with van der Waals surface area (Å²) in [7, 11) is 0. The van der Waals surface area contributed by atoms with Crippen molar-refractivity contribution in [3.8, 4) is 5.75 Å². The molecule has 1 aliphatic heterocycles. The zero-order valence-corrected chi connectivity index (χ0v) is 15.9. The van der Waals surface area contributed by atoms with Crippen LogP contribution in [0.2, 0.25) is 10.0 Å². The van der Waals surface area contributed by atoms with Gasteiger partial charge in [0.25, 0.3) is 5.60 Å². The minimum atomic E-state index is -4.84. The fourth-order valence-electron chi connectivity index (χ4n) is 3.06. The van der Waals surface area contributed by atoms with Gasteiger partial charge in [0.2, 0.25) is 0 Å². The molecular formula is C18H14Cl2F3N3O2. The molecule has 0 saturated carbocycles. The van der Waals surface area contributed by atoms with Crippen LogP contribution in [0, 0.1) is 12.3 Å². The number of alkyl halides is 3. The summed E-state index contributed by atoms with van der Waals surface area (Å²) in [4.78, 5) is 4.91. The summed E-state index contributed by atoms with van der Waals surface area (Å²) in [5.74, 6) is -0.598. The van der Waals surface area contributed by atoms with E-state index in [-0.39, 0.29) is 49.6 Å². The first kappa shape index (κ1) is 20.3. The number of nitrogens with one attached hydrogen (secondary N) is 1. The van der Waals surface area contributed by atoms with E-state index >= 15 is 0 Å². The second-order valence-electron chi connectivity index (χ2n) is 6.34. The van der Waals surface area contributed by atoms with Gasteiger partial charge >= 0.3 is 6.18 Å². The van der Waals surface area contributed by atoms with E-state index in [4.69, 9.17) is 39.2 Å². The number of hydrogen-bond acceptors (Lipinski definition) is 4. The number of benzene rings is 2. The van der Waals surface area contributed by atoms with Crippen molar-refractivity contribution >= 4 is 34.7 Å². The molecule has 0 fully saturated rings. The van der Waals surface area contributed by atoms with Crippen molar-refractivity contribution in [2.24, 2.45) is 10.9 Å². The molecule has 10 heteroatoms. The molecule has 1 atom stereocenters. The van der Waals surface area contributed by atoms with E-state index in [1.54, 1.807) is 0 Å². The molecule has 3 rings (SSSR count). The maximum atomic E-state index is 14.0. The van der Waals surface area contributed by atoms with Crippen LogP contribution in [-0.2, 0) is 10.4 Å². The number of phenolic OH excluding ortho intramolecular Hbond substituents is 1. The van der Waals surface area contributed by atoms with Gasteiger partial charge in [-0.3, -0.25) is 5.41 Å². The average Bonchev–Trinajstić information content (AvgIpc) is 3.02. The molecule has 0 saturated heterocycles. The highest BCUT2D eigenvalue weighted by Crippen LogP contribution is 2.50. The van der Waals surface area contributed by atoms with Gasteiger partial charge in [0.05, 0.1) is 12.1 Å². The molecule has 1 unspecified atom stereocenters. The largest absolute Gasteiger partial charge is 0.507 e. The lowest BCUT2D eigenvalue weighted by atomic mass is 9.86. The average molecular weight is 432 g/mol. The Morgan fingerprint density at radius 3 is 2.39 bits per heavy atom. The molecule has 5 nitrogen and oxygen atoms in total. The van der Waals surface area contributed by atoms with Crippen LogP contribution in [0.3, 0.4) is 0 Å². The van der Waals surface area contributed by atoms with Gasteiger partial charge in [-0.05, 0) is 31.2 Å². The number of nitrogen functional groups attached to an aromatic ring is 1. The van der Waals surface area contributed by atoms with Crippen molar-refractivity contribution < 1.29 is 23.1 Å². The van der Waals surface area contributed by atoms with Gasteiger partial charge in [-0.2, -0.15) is 13.2 Å². The number of aromatic hydroxyl groups is 1. The van der Waals surface area contributed by atoms with Crippen LogP contribution in [0.1, 0.15) is 28.7 Å². The maximum Gasteiger partial charge on any atom is 0.435 e. The summed E-state index contributed by atoms with van der Waals surface area (Å²) in [6.07, 6.45) is -5.53. The minimum absolute atomic E-state index is 0.0210. The third-order valence-electron chi connectivity index (χ3n) is 4.55. The molecule has 2 aromatic rings. The molecule has 28 heavy (non-hydrogen) atoms. The van der Waals surface area contributed by atoms with Gasteiger partial charge in [-0.15, -0.1) is 0 Å². The second kappa shape index (κ2) is 6.86. The summed E-state index contributed by atoms with van der Waals surface area (Å²) in [6, 6.07) is 6.31. The van der Waals surface area contributed by atoms with Crippen LogP contribution in [0.4, 0.5) is 13.2 Å². The molecule has 0 amide bonds. The summed E-state index contributed by atoms with van der Waals surface area (Å²) in [5.41, 5.74) is 2.81. The summed E-state index contributed by atoms with van der Waals surface area (Å²) >= 11 is 11.7. The van der Waals surface area contributed by atoms with E-state index in [9.17, 15) is 18.3 Å². The van der Waals surface area contributed by atoms with Crippen molar-refractivity contribution in [3.63, 3.8) is 0 Å². The predicted molar refractivity (Wildman–Crippen MR) is 100 cm³/mol. The quantitative estimate of drug-likeness (QED) is 0.477. The van der Waals surface area contributed by atoms with Crippen LogP contribution < -0.4 is 5.73 Å². The Morgan fingerprint density at radius 1 is 1.25 bits per heavy atom. The number of nitrogens with two attached hydrogens (primary N) is 1. The van der Waals surface area contributed by atoms with Gasteiger partial charge in [-0.1, -0.05) is 34.4 Å². The first-order valence-corrected chi connectivity index (χ1v) is 8.67. The molecule has 2 aromatic carbocycles. The first-order chi connectivity index (χ1) is 13.0. The normalized spacial score (nSPS) is 19.3. The fourth-order valence-corrected chi connectivity index (χ4v) is 3.59. The molecule has 148 valence electrons. The van der Waals surface area contributed by atoms with Crippen molar-refractivity contribution in [2.75, 3.05) is 0 Å². The third kappa shape index (κ3) is 3.27. The highest BCUT2D eigenvalue weighted by molar-refractivity contribution is 6.34. The number of oxime groups is 1. The Kier molecular flexibility index (Phi) is 4.97. The Hall–Kier alpha value is -2.45. The van der Waals surface area contributed by atoms with Crippen molar-refractivity contribution in [2.45, 2.75) is 25.1 Å². The SMILES string of the molecule is Cc1c(C(=N)N)ccc(C2=NOC(c3cc(Cl)cc(Cl)c3)(C(F)(F)F)C2)c1O. The number of nitrogens with zero attached hydrogens (tertiary/aromatic N) is 1. The molecule has 0 aliphatic carbocycles. The molecule has 1 heterocycles. The number of halogens is 5. The first-order valence-electron chi connectivity index (χ1n) is 7.92. The number of hydrogen-bond donors (Lipinski definition) is 3. The Labute approximate surface area is 168 Å². The highest BCUT2D eigenvalue weighted by Gasteiger charge is 2.62. The van der Waals surface area contributed by atoms with Gasteiger partial charge in [0.1, 0.15) is 11.6 Å². The topological polar surface area (TPSA) is 91.7 Å². The van der Waals surface area contributed by atoms with Gasteiger partial charge < -0.3 is 15.7 Å². The standard InChI is InChI=1S/C18H14Cl2F3N3O2/c1-8-12(16(24)25)2-3-13(15(8)27)14-7-17(28-26-14,18(21,22)23)9-4-10(19)6-11(20)5-9/h2-6,27H,7H2,1H3,(H3,24,25). The lowest BCUT2D eigenvalue weighted by Crippen LogP contribution is -2.42. The number of phenols is 1. The smallest absolute Gasteiger partial charge is 0.435 e. The lowest BCUT2D eigenvalue weighted by Gasteiger charge is -2.29. The molecular weight excluding hydrogens is 418 g/mol. The van der Waals surface area contributed by atoms with E-state index in [0.29, 0.717) is 0 Å². The highest BCUT2D eigenvalue weighted by atomic mass is 35.5. The Bertz CT molecular complexity index is 988. The number of rotatable bonds is 3. The molecule has 0 radical (unpaired) electrons. The van der Waals surface area contributed by atoms with E-state index < -0.39 is 18.2 Å². The van der Waals surface area contributed by atoms with Crippen LogP contribution in [-0.4, -0.2) is 22.8 Å². The zero-order chi connectivity index (χ0) is 20.9. The second-order valence-corrected chi connectivity index (χ2v) is 7.21. The van der Waals surface area contributed by atoms with Gasteiger partial charge in [0.15, 0.2) is 0 Å². The molecule has 1 aliphatic rings. The van der Waals surface area contributed by atoms with Gasteiger partial charge in [0, 0.05) is 32.3 Å². The maximum absolute atomic E-state index is 14.0. The van der Waals surface area contributed by atoms with E-state index in [2.05, 4.69) is 5.16 Å². The lowest BCUT2D eigenvalue weighted by molar-refractivity contribution is -0.275. The number of amidine groups is 1.